The van der Waals surface area contributed by atoms with Crippen LogP contribution in [0.4, 0.5) is 13.2 Å². The number of benzene rings is 1. The molecule has 0 spiro atoms. The van der Waals surface area contributed by atoms with Gasteiger partial charge in [0.15, 0.2) is 0 Å². The first-order valence-corrected chi connectivity index (χ1v) is 6.12. The lowest BCUT2D eigenvalue weighted by molar-refractivity contribution is -0.274. The summed E-state index contributed by atoms with van der Waals surface area (Å²) in [5, 5.41) is 0. The standard InChI is InChI=1S/C12H14BrF3O2/c1-11(2,17-3)10(13)8-4-6-9(7-5-8)18-12(14,15)16/h4-7,10H,1-3H3. The highest BCUT2D eigenvalue weighted by Crippen LogP contribution is 2.37. The Morgan fingerprint density at radius 1 is 1.11 bits per heavy atom. The molecule has 18 heavy (non-hydrogen) atoms. The lowest BCUT2D eigenvalue weighted by Crippen LogP contribution is -2.27. The molecule has 1 rings (SSSR count). The van der Waals surface area contributed by atoms with Crippen LogP contribution in [0, 0.1) is 0 Å². The van der Waals surface area contributed by atoms with E-state index in [0.717, 1.165) is 5.56 Å². The van der Waals surface area contributed by atoms with Gasteiger partial charge in [-0.2, -0.15) is 0 Å². The summed E-state index contributed by atoms with van der Waals surface area (Å²) in [5.74, 6) is -0.235. The second kappa shape index (κ2) is 5.48. The summed E-state index contributed by atoms with van der Waals surface area (Å²) in [6, 6.07) is 5.70. The van der Waals surface area contributed by atoms with Crippen LogP contribution < -0.4 is 4.74 Å². The monoisotopic (exact) mass is 326 g/mol. The Balaban J connectivity index is 2.83. The number of halogens is 4. The predicted octanol–water partition coefficient (Wildman–Crippen LogP) is 4.45. The first-order valence-electron chi connectivity index (χ1n) is 5.20. The van der Waals surface area contributed by atoms with Crippen molar-refractivity contribution in [1.82, 2.24) is 0 Å². The molecule has 2 nitrogen and oxygen atoms in total. The van der Waals surface area contributed by atoms with Crippen molar-refractivity contribution in [3.63, 3.8) is 0 Å². The van der Waals surface area contributed by atoms with Crippen LogP contribution in [0.3, 0.4) is 0 Å². The largest absolute Gasteiger partial charge is 0.573 e. The fourth-order valence-corrected chi connectivity index (χ4v) is 1.84. The SMILES string of the molecule is COC(C)(C)C(Br)c1ccc(OC(F)(F)F)cc1. The van der Waals surface area contributed by atoms with Crippen molar-refractivity contribution in [2.45, 2.75) is 30.6 Å². The number of alkyl halides is 4. The van der Waals surface area contributed by atoms with Gasteiger partial charge in [0.05, 0.1) is 10.4 Å². The molecule has 0 N–H and O–H groups in total. The first kappa shape index (κ1) is 15.3. The van der Waals surface area contributed by atoms with Crippen molar-refractivity contribution in [2.75, 3.05) is 7.11 Å². The highest BCUT2D eigenvalue weighted by atomic mass is 79.9. The third-order valence-electron chi connectivity index (χ3n) is 2.54. The van der Waals surface area contributed by atoms with E-state index in [2.05, 4.69) is 20.7 Å². The minimum atomic E-state index is -4.67. The van der Waals surface area contributed by atoms with E-state index in [1.807, 2.05) is 13.8 Å². The van der Waals surface area contributed by atoms with Gasteiger partial charge in [0.25, 0.3) is 0 Å². The average Bonchev–Trinajstić information content (AvgIpc) is 2.27. The van der Waals surface area contributed by atoms with Crippen molar-refractivity contribution in [3.8, 4) is 5.75 Å². The van der Waals surface area contributed by atoms with Crippen molar-refractivity contribution in [3.05, 3.63) is 29.8 Å². The molecule has 0 aromatic heterocycles. The van der Waals surface area contributed by atoms with Crippen LogP contribution in [0.15, 0.2) is 24.3 Å². The number of hydrogen-bond acceptors (Lipinski definition) is 2. The van der Waals surface area contributed by atoms with E-state index < -0.39 is 12.0 Å². The highest BCUT2D eigenvalue weighted by molar-refractivity contribution is 9.09. The second-order valence-electron chi connectivity index (χ2n) is 4.29. The van der Waals surface area contributed by atoms with Crippen molar-refractivity contribution < 1.29 is 22.6 Å². The molecule has 0 fully saturated rings. The summed E-state index contributed by atoms with van der Waals surface area (Å²) in [6.45, 7) is 3.76. The molecular weight excluding hydrogens is 313 g/mol. The van der Waals surface area contributed by atoms with Crippen LogP contribution in [0.5, 0.6) is 5.75 Å². The van der Waals surface area contributed by atoms with Crippen LogP contribution in [0.2, 0.25) is 0 Å². The number of ether oxygens (including phenoxy) is 2. The molecule has 1 atom stereocenters. The minimum absolute atomic E-state index is 0.130. The minimum Gasteiger partial charge on any atom is -0.406 e. The molecule has 0 aliphatic heterocycles. The number of rotatable bonds is 4. The fourth-order valence-electron chi connectivity index (χ4n) is 1.34. The third-order valence-corrected chi connectivity index (χ3v) is 4.17. The summed E-state index contributed by atoms with van der Waals surface area (Å²) in [7, 11) is 1.58. The van der Waals surface area contributed by atoms with Gasteiger partial charge >= 0.3 is 6.36 Å². The predicted molar refractivity (Wildman–Crippen MR) is 65.9 cm³/mol. The van der Waals surface area contributed by atoms with Gasteiger partial charge < -0.3 is 9.47 Å². The molecule has 0 heterocycles. The Morgan fingerprint density at radius 3 is 2.00 bits per heavy atom. The normalized spacial score (nSPS) is 14.4. The molecule has 0 saturated carbocycles. The first-order chi connectivity index (χ1) is 8.15. The van der Waals surface area contributed by atoms with Gasteiger partial charge in [0.1, 0.15) is 5.75 Å². The number of hydrogen-bond donors (Lipinski definition) is 0. The summed E-state index contributed by atoms with van der Waals surface area (Å²) in [5.41, 5.74) is 0.350. The molecule has 1 unspecified atom stereocenters. The van der Waals surface area contributed by atoms with Crippen LogP contribution >= 0.6 is 15.9 Å². The van der Waals surface area contributed by atoms with Gasteiger partial charge in [-0.05, 0) is 31.5 Å². The van der Waals surface area contributed by atoms with Gasteiger partial charge in [0.2, 0.25) is 0 Å². The lowest BCUT2D eigenvalue weighted by Gasteiger charge is -2.29. The molecule has 0 bridgehead atoms. The summed E-state index contributed by atoms with van der Waals surface area (Å²) in [6.07, 6.45) is -4.67. The molecular formula is C12H14BrF3O2. The zero-order chi connectivity index (χ0) is 14.0. The maximum atomic E-state index is 12.0. The molecule has 6 heteroatoms. The van der Waals surface area contributed by atoms with E-state index in [1.165, 1.54) is 12.1 Å². The van der Waals surface area contributed by atoms with Crippen molar-refractivity contribution in [1.29, 1.82) is 0 Å². The van der Waals surface area contributed by atoms with E-state index in [1.54, 1.807) is 19.2 Å². The second-order valence-corrected chi connectivity index (χ2v) is 5.20. The fraction of sp³-hybridized carbons (Fsp3) is 0.500. The Hall–Kier alpha value is -0.750. The maximum absolute atomic E-state index is 12.0. The summed E-state index contributed by atoms with van der Waals surface area (Å²) in [4.78, 5) is -0.130. The van der Waals surface area contributed by atoms with E-state index in [9.17, 15) is 13.2 Å². The molecule has 102 valence electrons. The van der Waals surface area contributed by atoms with Crippen molar-refractivity contribution >= 4 is 15.9 Å². The highest BCUT2D eigenvalue weighted by Gasteiger charge is 2.32. The van der Waals surface area contributed by atoms with Gasteiger partial charge in [0, 0.05) is 7.11 Å². The third kappa shape index (κ3) is 4.17. The van der Waals surface area contributed by atoms with Gasteiger partial charge in [-0.3, -0.25) is 0 Å². The van der Waals surface area contributed by atoms with Crippen molar-refractivity contribution in [2.24, 2.45) is 0 Å². The molecule has 1 aromatic carbocycles. The van der Waals surface area contributed by atoms with E-state index in [-0.39, 0.29) is 10.6 Å². The van der Waals surface area contributed by atoms with Crippen LogP contribution in [-0.4, -0.2) is 19.1 Å². The Bertz CT molecular complexity index is 387. The molecule has 0 saturated heterocycles. The van der Waals surface area contributed by atoms with Gasteiger partial charge in [-0.1, -0.05) is 28.1 Å². The van der Waals surface area contributed by atoms with E-state index in [4.69, 9.17) is 4.74 Å². The van der Waals surface area contributed by atoms with Crippen LogP contribution in [0.1, 0.15) is 24.2 Å². The maximum Gasteiger partial charge on any atom is 0.573 e. The molecule has 1 aromatic rings. The Labute approximate surface area is 112 Å². The summed E-state index contributed by atoms with van der Waals surface area (Å²) >= 11 is 3.47. The van der Waals surface area contributed by atoms with E-state index >= 15 is 0 Å². The Morgan fingerprint density at radius 2 is 1.61 bits per heavy atom. The zero-order valence-electron chi connectivity index (χ0n) is 10.2. The number of methoxy groups -OCH3 is 1. The molecule has 0 aliphatic carbocycles. The van der Waals surface area contributed by atoms with Gasteiger partial charge in [-0.25, -0.2) is 0 Å². The topological polar surface area (TPSA) is 18.5 Å². The van der Waals surface area contributed by atoms with Crippen LogP contribution in [-0.2, 0) is 4.74 Å². The van der Waals surface area contributed by atoms with Gasteiger partial charge in [-0.15, -0.1) is 13.2 Å². The molecule has 0 amide bonds. The smallest absolute Gasteiger partial charge is 0.406 e. The lowest BCUT2D eigenvalue weighted by atomic mass is 9.98. The van der Waals surface area contributed by atoms with Crippen LogP contribution in [0.25, 0.3) is 0 Å². The molecule has 0 aliphatic rings. The summed E-state index contributed by atoms with van der Waals surface area (Å²) < 4.78 is 45.1. The quantitative estimate of drug-likeness (QED) is 0.761. The molecule has 0 radical (unpaired) electrons. The Kier molecular flexibility index (Phi) is 4.66. The van der Waals surface area contributed by atoms with E-state index in [0.29, 0.717) is 0 Å². The average molecular weight is 327 g/mol. The zero-order valence-corrected chi connectivity index (χ0v) is 11.8.